The van der Waals surface area contributed by atoms with Crippen molar-refractivity contribution in [2.45, 2.75) is 6.42 Å². The Bertz CT molecular complexity index is 415. The Morgan fingerprint density at radius 2 is 2.25 bits per heavy atom. The number of carbonyl (C=O) groups excluding carboxylic acids is 1. The second-order valence-electron chi connectivity index (χ2n) is 3.47. The lowest BCUT2D eigenvalue weighted by Crippen LogP contribution is -2.22. The van der Waals surface area contributed by atoms with Gasteiger partial charge in [-0.05, 0) is 6.07 Å². The van der Waals surface area contributed by atoms with Gasteiger partial charge in [0, 0.05) is 12.1 Å². The van der Waals surface area contributed by atoms with Crippen LogP contribution in [0.4, 0.5) is 5.69 Å². The number of hydroxylamine groups is 1. The van der Waals surface area contributed by atoms with Crippen LogP contribution >= 0.6 is 0 Å². The number of carbonyl (C=O) groups is 1. The van der Waals surface area contributed by atoms with Crippen molar-refractivity contribution >= 4 is 17.7 Å². The number of rotatable bonds is 3. The first kappa shape index (κ1) is 10.9. The molecule has 0 aliphatic carbocycles. The van der Waals surface area contributed by atoms with Crippen LogP contribution < -0.4 is 10.8 Å². The predicted octanol–water partition coefficient (Wildman–Crippen LogP) is 1.33. The number of nitrogens with two attached hydrogens (primary N) is 1. The van der Waals surface area contributed by atoms with Crippen LogP contribution in [0.2, 0.25) is 0 Å². The molecule has 1 aliphatic heterocycles. The number of benzene rings is 1. The lowest BCUT2D eigenvalue weighted by molar-refractivity contribution is -0.119. The van der Waals surface area contributed by atoms with E-state index in [2.05, 4.69) is 0 Å². The van der Waals surface area contributed by atoms with Crippen LogP contribution in [-0.2, 0) is 9.63 Å². The minimum Gasteiger partial charge on any atom is -0.327 e. The molecule has 2 rings (SSSR count). The SMILES string of the molecule is NC/C=C/c1ccccc1N1OCCC1=O. The summed E-state index contributed by atoms with van der Waals surface area (Å²) >= 11 is 0. The van der Waals surface area contributed by atoms with E-state index in [0.29, 0.717) is 19.6 Å². The van der Waals surface area contributed by atoms with Gasteiger partial charge in [-0.1, -0.05) is 30.4 Å². The van der Waals surface area contributed by atoms with Gasteiger partial charge in [-0.25, -0.2) is 0 Å². The molecular weight excluding hydrogens is 204 g/mol. The third-order valence-corrected chi connectivity index (χ3v) is 2.35. The maximum absolute atomic E-state index is 11.6. The summed E-state index contributed by atoms with van der Waals surface area (Å²) in [6, 6.07) is 7.58. The fraction of sp³-hybridized carbons (Fsp3) is 0.250. The minimum absolute atomic E-state index is 0.00593. The Kier molecular flexibility index (Phi) is 3.34. The maximum atomic E-state index is 11.6. The molecule has 0 bridgehead atoms. The number of hydrogen-bond acceptors (Lipinski definition) is 3. The topological polar surface area (TPSA) is 55.6 Å². The van der Waals surface area contributed by atoms with Crippen LogP contribution in [0.5, 0.6) is 0 Å². The highest BCUT2D eigenvalue weighted by molar-refractivity contribution is 5.94. The number of para-hydroxylation sites is 1. The fourth-order valence-electron chi connectivity index (χ4n) is 1.61. The van der Waals surface area contributed by atoms with Crippen molar-refractivity contribution < 1.29 is 9.63 Å². The summed E-state index contributed by atoms with van der Waals surface area (Å²) in [5.74, 6) is -0.00593. The third-order valence-electron chi connectivity index (χ3n) is 2.35. The van der Waals surface area contributed by atoms with Gasteiger partial charge in [0.15, 0.2) is 0 Å². The summed E-state index contributed by atoms with van der Waals surface area (Å²) in [6.07, 6.45) is 4.18. The molecule has 4 heteroatoms. The van der Waals surface area contributed by atoms with Crippen molar-refractivity contribution in [1.29, 1.82) is 0 Å². The molecule has 4 nitrogen and oxygen atoms in total. The summed E-state index contributed by atoms with van der Waals surface area (Å²) in [6.45, 7) is 0.927. The molecule has 1 fully saturated rings. The second kappa shape index (κ2) is 4.92. The summed E-state index contributed by atoms with van der Waals surface area (Å²) in [7, 11) is 0. The van der Waals surface area contributed by atoms with E-state index in [0.717, 1.165) is 11.3 Å². The first-order valence-corrected chi connectivity index (χ1v) is 5.24. The Hall–Kier alpha value is -1.65. The van der Waals surface area contributed by atoms with Gasteiger partial charge in [0.05, 0.1) is 18.7 Å². The van der Waals surface area contributed by atoms with Crippen LogP contribution in [0.1, 0.15) is 12.0 Å². The zero-order valence-corrected chi connectivity index (χ0v) is 8.93. The van der Waals surface area contributed by atoms with E-state index in [9.17, 15) is 4.79 Å². The molecule has 84 valence electrons. The van der Waals surface area contributed by atoms with E-state index in [4.69, 9.17) is 10.6 Å². The molecule has 0 radical (unpaired) electrons. The van der Waals surface area contributed by atoms with Crippen molar-refractivity contribution in [1.82, 2.24) is 0 Å². The van der Waals surface area contributed by atoms with Crippen molar-refractivity contribution in [3.8, 4) is 0 Å². The molecule has 1 aliphatic rings. The van der Waals surface area contributed by atoms with Gasteiger partial charge >= 0.3 is 0 Å². The van der Waals surface area contributed by atoms with Gasteiger partial charge < -0.3 is 5.73 Å². The lowest BCUT2D eigenvalue weighted by atomic mass is 10.1. The Labute approximate surface area is 94.3 Å². The normalized spacial score (nSPS) is 16.3. The zero-order valence-electron chi connectivity index (χ0n) is 8.93. The van der Waals surface area contributed by atoms with Gasteiger partial charge in [-0.15, -0.1) is 0 Å². The van der Waals surface area contributed by atoms with Gasteiger partial charge in [0.25, 0.3) is 5.91 Å². The average Bonchev–Trinajstić information content (AvgIpc) is 2.73. The van der Waals surface area contributed by atoms with Crippen LogP contribution in [0, 0.1) is 0 Å². The molecule has 0 unspecified atom stereocenters. The molecule has 0 aromatic heterocycles. The van der Waals surface area contributed by atoms with E-state index in [1.54, 1.807) is 0 Å². The van der Waals surface area contributed by atoms with E-state index in [1.807, 2.05) is 36.4 Å². The molecule has 1 aromatic rings. The number of nitrogens with zero attached hydrogens (tertiary/aromatic N) is 1. The van der Waals surface area contributed by atoms with Crippen molar-refractivity contribution in [3.05, 3.63) is 35.9 Å². The number of amides is 1. The smallest absolute Gasteiger partial charge is 0.253 e. The fourth-order valence-corrected chi connectivity index (χ4v) is 1.61. The van der Waals surface area contributed by atoms with Gasteiger partial charge in [0.1, 0.15) is 0 Å². The summed E-state index contributed by atoms with van der Waals surface area (Å²) < 4.78 is 0. The van der Waals surface area contributed by atoms with Crippen LogP contribution in [0.3, 0.4) is 0 Å². The quantitative estimate of drug-likeness (QED) is 0.832. The number of hydrogen-bond donors (Lipinski definition) is 1. The first-order chi connectivity index (χ1) is 7.83. The molecule has 1 saturated heterocycles. The molecule has 0 spiro atoms. The van der Waals surface area contributed by atoms with Gasteiger partial charge in [0.2, 0.25) is 0 Å². The summed E-state index contributed by atoms with van der Waals surface area (Å²) in [5.41, 5.74) is 7.11. The van der Waals surface area contributed by atoms with Crippen LogP contribution in [0.15, 0.2) is 30.3 Å². The Morgan fingerprint density at radius 1 is 1.44 bits per heavy atom. The van der Waals surface area contributed by atoms with Gasteiger partial charge in [-0.3, -0.25) is 9.63 Å². The monoisotopic (exact) mass is 218 g/mol. The molecular formula is C12H14N2O2. The largest absolute Gasteiger partial charge is 0.327 e. The van der Waals surface area contributed by atoms with Crippen LogP contribution in [-0.4, -0.2) is 19.1 Å². The standard InChI is InChI=1S/C12H14N2O2/c13-8-3-5-10-4-1-2-6-11(10)14-12(15)7-9-16-14/h1-6H,7-9,13H2/b5-3+. The van der Waals surface area contributed by atoms with Gasteiger partial charge in [-0.2, -0.15) is 5.06 Å². The Morgan fingerprint density at radius 3 is 2.94 bits per heavy atom. The Balaban J connectivity index is 2.32. The summed E-state index contributed by atoms with van der Waals surface area (Å²) in [5, 5.41) is 1.36. The molecule has 0 saturated carbocycles. The van der Waals surface area contributed by atoms with Crippen molar-refractivity contribution in [3.63, 3.8) is 0 Å². The van der Waals surface area contributed by atoms with E-state index in [-0.39, 0.29) is 5.91 Å². The highest BCUT2D eigenvalue weighted by Gasteiger charge is 2.24. The number of anilines is 1. The maximum Gasteiger partial charge on any atom is 0.253 e. The molecule has 1 heterocycles. The van der Waals surface area contributed by atoms with Crippen LogP contribution in [0.25, 0.3) is 6.08 Å². The zero-order chi connectivity index (χ0) is 11.4. The molecule has 16 heavy (non-hydrogen) atoms. The van der Waals surface area contributed by atoms with E-state index < -0.39 is 0 Å². The highest BCUT2D eigenvalue weighted by Crippen LogP contribution is 2.25. The van der Waals surface area contributed by atoms with Crippen molar-refractivity contribution in [2.24, 2.45) is 5.73 Å². The highest BCUT2D eigenvalue weighted by atomic mass is 16.7. The first-order valence-electron chi connectivity index (χ1n) is 5.24. The molecule has 1 aromatic carbocycles. The molecule has 0 atom stereocenters. The third kappa shape index (κ3) is 2.13. The van der Waals surface area contributed by atoms with Crippen molar-refractivity contribution in [2.75, 3.05) is 18.2 Å². The predicted molar refractivity (Wildman–Crippen MR) is 62.6 cm³/mol. The lowest BCUT2D eigenvalue weighted by Gasteiger charge is -2.16. The van der Waals surface area contributed by atoms with E-state index >= 15 is 0 Å². The second-order valence-corrected chi connectivity index (χ2v) is 3.47. The average molecular weight is 218 g/mol. The molecule has 2 N–H and O–H groups in total. The summed E-state index contributed by atoms with van der Waals surface area (Å²) in [4.78, 5) is 16.8. The minimum atomic E-state index is -0.00593. The van der Waals surface area contributed by atoms with E-state index in [1.165, 1.54) is 5.06 Å². The molecule has 1 amide bonds.